The molecule has 0 fully saturated rings. The third-order valence-corrected chi connectivity index (χ3v) is 2.64. The molecule has 0 aliphatic rings. The zero-order valence-electron chi connectivity index (χ0n) is 9.08. The Kier molecular flexibility index (Phi) is 4.26. The molecule has 0 saturated carbocycles. The first-order valence-corrected chi connectivity index (χ1v) is 5.18. The van der Waals surface area contributed by atoms with E-state index in [-0.39, 0.29) is 18.2 Å². The van der Waals surface area contributed by atoms with Gasteiger partial charge in [-0.2, -0.15) is 0 Å². The molecule has 1 aromatic carbocycles. The van der Waals surface area contributed by atoms with E-state index in [1.165, 1.54) is 24.1 Å². The third kappa shape index (κ3) is 2.71. The topological polar surface area (TPSA) is 40.5 Å². The van der Waals surface area contributed by atoms with Gasteiger partial charge in [0.25, 0.3) is 5.91 Å². The van der Waals surface area contributed by atoms with Gasteiger partial charge in [0.1, 0.15) is 5.82 Å². The van der Waals surface area contributed by atoms with Gasteiger partial charge in [-0.05, 0) is 25.1 Å². The first kappa shape index (κ1) is 12.9. The van der Waals surface area contributed by atoms with Crippen LogP contribution in [0, 0.1) is 5.82 Å². The van der Waals surface area contributed by atoms with Gasteiger partial charge in [-0.1, -0.05) is 11.6 Å². The minimum absolute atomic E-state index is 0.0877. The predicted molar refractivity (Wildman–Crippen MR) is 60.1 cm³/mol. The molecule has 0 spiro atoms. The van der Waals surface area contributed by atoms with E-state index in [2.05, 4.69) is 0 Å². The molecule has 0 aliphatic heterocycles. The van der Waals surface area contributed by atoms with Crippen molar-refractivity contribution in [1.82, 2.24) is 4.90 Å². The normalized spacial score (nSPS) is 12.3. The average Bonchev–Trinajstić information content (AvgIpc) is 2.29. The molecule has 1 N–H and O–H groups in total. The van der Waals surface area contributed by atoms with E-state index in [0.717, 1.165) is 6.07 Å². The number of carbonyl (C=O) groups is 1. The summed E-state index contributed by atoms with van der Waals surface area (Å²) in [6.45, 7) is 1.49. The lowest BCUT2D eigenvalue weighted by molar-refractivity contribution is 0.0677. The Hall–Kier alpha value is -1.13. The highest BCUT2D eigenvalue weighted by molar-refractivity contribution is 6.30. The van der Waals surface area contributed by atoms with Gasteiger partial charge in [0.2, 0.25) is 0 Å². The Balaban J connectivity index is 3.00. The minimum Gasteiger partial charge on any atom is -0.394 e. The maximum atomic E-state index is 13.4. The SMILES string of the molecule is CC(CO)N(C)C(=O)c1cc(Cl)ccc1F. The highest BCUT2D eigenvalue weighted by atomic mass is 35.5. The van der Waals surface area contributed by atoms with Crippen LogP contribution >= 0.6 is 11.6 Å². The molecule has 1 amide bonds. The molecule has 1 rings (SSSR count). The van der Waals surface area contributed by atoms with Crippen molar-refractivity contribution in [3.8, 4) is 0 Å². The number of aliphatic hydroxyl groups excluding tert-OH is 1. The Morgan fingerprint density at radius 1 is 1.62 bits per heavy atom. The smallest absolute Gasteiger partial charge is 0.256 e. The van der Waals surface area contributed by atoms with Crippen LogP contribution in [0.5, 0.6) is 0 Å². The predicted octanol–water partition coefficient (Wildman–Crippen LogP) is 1.93. The number of benzene rings is 1. The van der Waals surface area contributed by atoms with Crippen molar-refractivity contribution in [1.29, 1.82) is 0 Å². The van der Waals surface area contributed by atoms with Gasteiger partial charge in [0.15, 0.2) is 0 Å². The molecule has 1 unspecified atom stereocenters. The Bertz CT molecular complexity index is 398. The molecule has 0 bridgehead atoms. The summed E-state index contributed by atoms with van der Waals surface area (Å²) in [5.74, 6) is -1.12. The van der Waals surface area contributed by atoms with Crippen molar-refractivity contribution in [3.05, 3.63) is 34.6 Å². The summed E-state index contributed by atoms with van der Waals surface area (Å²) in [5, 5.41) is 9.21. The van der Waals surface area contributed by atoms with Crippen LogP contribution in [0.25, 0.3) is 0 Å². The molecule has 1 atom stereocenters. The van der Waals surface area contributed by atoms with Crippen molar-refractivity contribution >= 4 is 17.5 Å². The number of hydrogen-bond acceptors (Lipinski definition) is 2. The number of likely N-dealkylation sites (N-methyl/N-ethyl adjacent to an activating group) is 1. The zero-order chi connectivity index (χ0) is 12.3. The van der Waals surface area contributed by atoms with Crippen LogP contribution in [0.3, 0.4) is 0 Å². The molecule has 3 nitrogen and oxygen atoms in total. The van der Waals surface area contributed by atoms with Crippen LogP contribution in [0.2, 0.25) is 5.02 Å². The Morgan fingerprint density at radius 2 is 2.25 bits per heavy atom. The highest BCUT2D eigenvalue weighted by Crippen LogP contribution is 2.17. The minimum atomic E-state index is -0.619. The number of amides is 1. The molecule has 0 heterocycles. The van der Waals surface area contributed by atoms with E-state index in [1.54, 1.807) is 6.92 Å². The van der Waals surface area contributed by atoms with Gasteiger partial charge in [0.05, 0.1) is 18.2 Å². The zero-order valence-corrected chi connectivity index (χ0v) is 9.83. The molecule has 0 radical (unpaired) electrons. The first-order chi connectivity index (χ1) is 7.47. The fraction of sp³-hybridized carbons (Fsp3) is 0.364. The second-order valence-corrected chi connectivity index (χ2v) is 4.01. The van der Waals surface area contributed by atoms with Crippen LogP contribution in [0.15, 0.2) is 18.2 Å². The molecular formula is C11H13ClFNO2. The summed E-state index contributed by atoms with van der Waals surface area (Å²) >= 11 is 5.69. The highest BCUT2D eigenvalue weighted by Gasteiger charge is 2.20. The van der Waals surface area contributed by atoms with Gasteiger partial charge in [0, 0.05) is 12.1 Å². The Labute approximate surface area is 98.4 Å². The summed E-state index contributed by atoms with van der Waals surface area (Å²) < 4.78 is 13.4. The van der Waals surface area contributed by atoms with E-state index in [0.29, 0.717) is 5.02 Å². The van der Waals surface area contributed by atoms with Crippen molar-refractivity contribution in [3.63, 3.8) is 0 Å². The van der Waals surface area contributed by atoms with E-state index in [1.807, 2.05) is 0 Å². The molecular weight excluding hydrogens is 233 g/mol. The lowest BCUT2D eigenvalue weighted by atomic mass is 10.1. The average molecular weight is 246 g/mol. The number of rotatable bonds is 3. The molecule has 5 heteroatoms. The van der Waals surface area contributed by atoms with Gasteiger partial charge in [-0.3, -0.25) is 4.79 Å². The summed E-state index contributed by atoms with van der Waals surface area (Å²) in [6.07, 6.45) is 0. The molecule has 16 heavy (non-hydrogen) atoms. The fourth-order valence-corrected chi connectivity index (χ4v) is 1.35. The second-order valence-electron chi connectivity index (χ2n) is 3.57. The van der Waals surface area contributed by atoms with E-state index in [9.17, 15) is 9.18 Å². The number of nitrogens with zero attached hydrogens (tertiary/aromatic N) is 1. The molecule has 1 aromatic rings. The van der Waals surface area contributed by atoms with E-state index in [4.69, 9.17) is 16.7 Å². The van der Waals surface area contributed by atoms with Crippen molar-refractivity contribution < 1.29 is 14.3 Å². The lowest BCUT2D eigenvalue weighted by Gasteiger charge is -2.23. The van der Waals surface area contributed by atoms with Crippen molar-refractivity contribution in [2.45, 2.75) is 13.0 Å². The molecule has 0 saturated heterocycles. The Morgan fingerprint density at radius 3 is 2.81 bits per heavy atom. The van der Waals surface area contributed by atoms with Crippen LogP contribution in [-0.2, 0) is 0 Å². The summed E-state index contributed by atoms with van der Waals surface area (Å²) in [6, 6.07) is 3.43. The van der Waals surface area contributed by atoms with Gasteiger partial charge in [-0.25, -0.2) is 4.39 Å². The van der Waals surface area contributed by atoms with Crippen LogP contribution < -0.4 is 0 Å². The summed E-state index contributed by atoms with van der Waals surface area (Å²) in [7, 11) is 1.50. The quantitative estimate of drug-likeness (QED) is 0.884. The fourth-order valence-electron chi connectivity index (χ4n) is 1.17. The largest absolute Gasteiger partial charge is 0.394 e. The summed E-state index contributed by atoms with van der Waals surface area (Å²) in [4.78, 5) is 13.1. The monoisotopic (exact) mass is 245 g/mol. The molecule has 0 aliphatic carbocycles. The number of halogens is 2. The third-order valence-electron chi connectivity index (χ3n) is 2.40. The molecule has 88 valence electrons. The first-order valence-electron chi connectivity index (χ1n) is 4.80. The molecule has 0 aromatic heterocycles. The van der Waals surface area contributed by atoms with Gasteiger partial charge in [-0.15, -0.1) is 0 Å². The maximum absolute atomic E-state index is 13.4. The van der Waals surface area contributed by atoms with Crippen molar-refractivity contribution in [2.24, 2.45) is 0 Å². The van der Waals surface area contributed by atoms with Crippen molar-refractivity contribution in [2.75, 3.05) is 13.7 Å². The van der Waals surface area contributed by atoms with Crippen LogP contribution in [-0.4, -0.2) is 35.6 Å². The maximum Gasteiger partial charge on any atom is 0.256 e. The van der Waals surface area contributed by atoms with Gasteiger partial charge >= 0.3 is 0 Å². The van der Waals surface area contributed by atoms with Crippen LogP contribution in [0.1, 0.15) is 17.3 Å². The number of carbonyl (C=O) groups excluding carboxylic acids is 1. The standard InChI is InChI=1S/C11H13ClFNO2/c1-7(6-15)14(2)11(16)9-5-8(12)3-4-10(9)13/h3-5,7,15H,6H2,1-2H3. The lowest BCUT2D eigenvalue weighted by Crippen LogP contribution is -2.37. The van der Waals surface area contributed by atoms with Crippen LogP contribution in [0.4, 0.5) is 4.39 Å². The number of hydrogen-bond donors (Lipinski definition) is 1. The van der Waals surface area contributed by atoms with Gasteiger partial charge < -0.3 is 10.0 Å². The van der Waals surface area contributed by atoms with E-state index < -0.39 is 11.7 Å². The second kappa shape index (κ2) is 5.27. The van der Waals surface area contributed by atoms with E-state index >= 15 is 0 Å². The number of aliphatic hydroxyl groups is 1. The summed E-state index contributed by atoms with van der Waals surface area (Å²) in [5.41, 5.74) is -0.0877.